The van der Waals surface area contributed by atoms with Gasteiger partial charge in [-0.2, -0.15) is 5.26 Å². The number of methoxy groups -OCH3 is 1. The van der Waals surface area contributed by atoms with Crippen molar-refractivity contribution in [1.29, 1.82) is 5.26 Å². The maximum absolute atomic E-state index is 12.1. The molecule has 0 bridgehead atoms. The van der Waals surface area contributed by atoms with E-state index in [4.69, 9.17) is 10.00 Å². The fourth-order valence-corrected chi connectivity index (χ4v) is 4.19. The van der Waals surface area contributed by atoms with Crippen LogP contribution in [0.1, 0.15) is 4.88 Å². The SMILES string of the molecule is CO[C@H]1CNCC1NS(=O)(=O)c1ccc(C#N)s1. The molecule has 6 nitrogen and oxygen atoms in total. The number of nitriles is 1. The van der Waals surface area contributed by atoms with Gasteiger partial charge in [0, 0.05) is 20.2 Å². The Hall–Kier alpha value is -0.980. The molecule has 0 aliphatic carbocycles. The molecule has 98 valence electrons. The molecule has 0 spiro atoms. The topological polar surface area (TPSA) is 91.2 Å². The van der Waals surface area contributed by atoms with Crippen LogP contribution in [0.3, 0.4) is 0 Å². The van der Waals surface area contributed by atoms with Crippen LogP contribution < -0.4 is 10.0 Å². The van der Waals surface area contributed by atoms with Gasteiger partial charge in [-0.3, -0.25) is 0 Å². The molecule has 2 atom stereocenters. The van der Waals surface area contributed by atoms with Crippen LogP contribution in [0.15, 0.2) is 16.3 Å². The van der Waals surface area contributed by atoms with E-state index in [1.807, 2.05) is 6.07 Å². The lowest BCUT2D eigenvalue weighted by Gasteiger charge is -2.17. The molecule has 1 unspecified atom stereocenters. The van der Waals surface area contributed by atoms with E-state index in [0.29, 0.717) is 18.0 Å². The van der Waals surface area contributed by atoms with E-state index in [1.165, 1.54) is 12.1 Å². The van der Waals surface area contributed by atoms with Gasteiger partial charge in [0.2, 0.25) is 10.0 Å². The van der Waals surface area contributed by atoms with Crippen LogP contribution in [0.25, 0.3) is 0 Å². The Kier molecular flexibility index (Phi) is 3.99. The van der Waals surface area contributed by atoms with Crippen molar-refractivity contribution >= 4 is 21.4 Å². The Morgan fingerprint density at radius 3 is 2.94 bits per heavy atom. The summed E-state index contributed by atoms with van der Waals surface area (Å²) in [6.45, 7) is 1.16. The monoisotopic (exact) mass is 287 g/mol. The van der Waals surface area contributed by atoms with E-state index in [0.717, 1.165) is 11.3 Å². The first-order valence-corrected chi connectivity index (χ1v) is 7.62. The largest absolute Gasteiger partial charge is 0.378 e. The Bertz CT molecular complexity index is 561. The highest BCUT2D eigenvalue weighted by Crippen LogP contribution is 2.21. The number of nitrogens with one attached hydrogen (secondary N) is 2. The molecule has 18 heavy (non-hydrogen) atoms. The van der Waals surface area contributed by atoms with Gasteiger partial charge in [-0.25, -0.2) is 13.1 Å². The van der Waals surface area contributed by atoms with Crippen LogP contribution in [0.4, 0.5) is 0 Å². The average molecular weight is 287 g/mol. The van der Waals surface area contributed by atoms with Crippen molar-refractivity contribution in [3.8, 4) is 6.07 Å². The van der Waals surface area contributed by atoms with Gasteiger partial charge in [-0.1, -0.05) is 0 Å². The first kappa shape index (κ1) is 13.5. The van der Waals surface area contributed by atoms with Crippen LogP contribution in [-0.4, -0.2) is 40.8 Å². The molecule has 1 aliphatic rings. The third-order valence-electron chi connectivity index (χ3n) is 2.72. The molecule has 1 aromatic heterocycles. The molecule has 2 N–H and O–H groups in total. The molecule has 0 radical (unpaired) electrons. The zero-order valence-electron chi connectivity index (χ0n) is 9.71. The lowest BCUT2D eigenvalue weighted by atomic mass is 10.2. The minimum atomic E-state index is -3.58. The number of thiophene rings is 1. The predicted molar refractivity (Wildman–Crippen MR) is 66.8 cm³/mol. The lowest BCUT2D eigenvalue weighted by molar-refractivity contribution is 0.103. The summed E-state index contributed by atoms with van der Waals surface area (Å²) < 4.78 is 32.1. The quantitative estimate of drug-likeness (QED) is 0.806. The molecule has 1 saturated heterocycles. The maximum Gasteiger partial charge on any atom is 0.250 e. The first-order chi connectivity index (χ1) is 8.56. The Balaban J connectivity index is 2.14. The molecular weight excluding hydrogens is 274 g/mol. The second kappa shape index (κ2) is 5.34. The summed E-state index contributed by atoms with van der Waals surface area (Å²) in [5, 5.41) is 11.8. The molecule has 1 aromatic rings. The average Bonchev–Trinajstić information content (AvgIpc) is 2.96. The van der Waals surface area contributed by atoms with Gasteiger partial charge in [0.05, 0.1) is 12.1 Å². The van der Waals surface area contributed by atoms with Crippen molar-refractivity contribution in [2.24, 2.45) is 0 Å². The summed E-state index contributed by atoms with van der Waals surface area (Å²) >= 11 is 0.959. The van der Waals surface area contributed by atoms with E-state index in [-0.39, 0.29) is 16.4 Å². The Morgan fingerprint density at radius 2 is 2.33 bits per heavy atom. The van der Waals surface area contributed by atoms with Crippen molar-refractivity contribution in [2.45, 2.75) is 16.4 Å². The molecule has 1 fully saturated rings. The van der Waals surface area contributed by atoms with Gasteiger partial charge in [-0.05, 0) is 12.1 Å². The summed E-state index contributed by atoms with van der Waals surface area (Å²) in [4.78, 5) is 0.378. The second-order valence-electron chi connectivity index (χ2n) is 3.89. The lowest BCUT2D eigenvalue weighted by Crippen LogP contribution is -2.43. The summed E-state index contributed by atoms with van der Waals surface area (Å²) in [5.41, 5.74) is 0. The number of ether oxygens (including phenoxy) is 1. The van der Waals surface area contributed by atoms with E-state index in [2.05, 4.69) is 10.0 Å². The number of rotatable bonds is 4. The number of hydrogen-bond donors (Lipinski definition) is 2. The number of hydrogen-bond acceptors (Lipinski definition) is 6. The van der Waals surface area contributed by atoms with Crippen molar-refractivity contribution in [3.05, 3.63) is 17.0 Å². The highest BCUT2D eigenvalue weighted by Gasteiger charge is 2.31. The molecule has 2 rings (SSSR count). The van der Waals surface area contributed by atoms with E-state index in [9.17, 15) is 8.42 Å². The summed E-state index contributed by atoms with van der Waals surface area (Å²) in [6, 6.07) is 4.58. The normalized spacial score (nSPS) is 24.0. The van der Waals surface area contributed by atoms with Gasteiger partial charge in [0.1, 0.15) is 15.2 Å². The number of nitrogens with zero attached hydrogens (tertiary/aromatic N) is 1. The molecule has 8 heteroatoms. The fourth-order valence-electron chi connectivity index (χ4n) is 1.80. The summed E-state index contributed by atoms with van der Waals surface area (Å²) in [5.74, 6) is 0. The summed E-state index contributed by atoms with van der Waals surface area (Å²) in [6.07, 6.45) is -0.171. The molecule has 2 heterocycles. The second-order valence-corrected chi connectivity index (χ2v) is 6.92. The third kappa shape index (κ3) is 2.71. The fraction of sp³-hybridized carbons (Fsp3) is 0.500. The van der Waals surface area contributed by atoms with Crippen molar-refractivity contribution < 1.29 is 13.2 Å². The highest BCUT2D eigenvalue weighted by atomic mass is 32.2. The van der Waals surface area contributed by atoms with Crippen LogP contribution in [0, 0.1) is 11.3 Å². The van der Waals surface area contributed by atoms with Crippen molar-refractivity contribution in [1.82, 2.24) is 10.0 Å². The zero-order chi connectivity index (χ0) is 13.2. The Labute approximate surface area is 110 Å². The number of sulfonamides is 1. The third-order valence-corrected chi connectivity index (χ3v) is 5.70. The minimum Gasteiger partial charge on any atom is -0.378 e. The maximum atomic E-state index is 12.1. The van der Waals surface area contributed by atoms with E-state index < -0.39 is 10.0 Å². The van der Waals surface area contributed by atoms with Gasteiger partial charge < -0.3 is 10.1 Å². The van der Waals surface area contributed by atoms with Crippen molar-refractivity contribution in [2.75, 3.05) is 20.2 Å². The molecular formula is C10H13N3O3S2. The molecule has 0 amide bonds. The minimum absolute atomic E-state index is 0.154. The Morgan fingerprint density at radius 1 is 1.56 bits per heavy atom. The van der Waals surface area contributed by atoms with Gasteiger partial charge in [-0.15, -0.1) is 11.3 Å². The summed E-state index contributed by atoms with van der Waals surface area (Å²) in [7, 11) is -2.03. The van der Waals surface area contributed by atoms with Crippen LogP contribution >= 0.6 is 11.3 Å². The predicted octanol–water partition coefficient (Wildman–Crippen LogP) is -0.115. The van der Waals surface area contributed by atoms with Crippen LogP contribution in [0.2, 0.25) is 0 Å². The van der Waals surface area contributed by atoms with Crippen LogP contribution in [0.5, 0.6) is 0 Å². The van der Waals surface area contributed by atoms with Gasteiger partial charge in [0.15, 0.2) is 0 Å². The van der Waals surface area contributed by atoms with Gasteiger partial charge in [0.25, 0.3) is 0 Å². The zero-order valence-corrected chi connectivity index (χ0v) is 11.3. The van der Waals surface area contributed by atoms with Crippen LogP contribution in [-0.2, 0) is 14.8 Å². The standard InChI is InChI=1S/C10H13N3O3S2/c1-16-9-6-12-5-8(9)13-18(14,15)10-3-2-7(4-11)17-10/h2-3,8-9,12-13H,5-6H2,1H3/t8?,9-/m0/s1. The van der Waals surface area contributed by atoms with E-state index >= 15 is 0 Å². The van der Waals surface area contributed by atoms with Gasteiger partial charge >= 0.3 is 0 Å². The first-order valence-electron chi connectivity index (χ1n) is 5.32. The molecule has 1 aliphatic heterocycles. The van der Waals surface area contributed by atoms with E-state index in [1.54, 1.807) is 7.11 Å². The van der Waals surface area contributed by atoms with Crippen molar-refractivity contribution in [3.63, 3.8) is 0 Å². The smallest absolute Gasteiger partial charge is 0.250 e. The molecule has 0 aromatic carbocycles. The molecule has 0 saturated carbocycles. The highest BCUT2D eigenvalue weighted by molar-refractivity contribution is 7.91.